The van der Waals surface area contributed by atoms with Gasteiger partial charge in [-0.3, -0.25) is 0 Å². The summed E-state index contributed by atoms with van der Waals surface area (Å²) in [5, 5.41) is 9.94. The van der Waals surface area contributed by atoms with Crippen molar-refractivity contribution in [2.24, 2.45) is 0 Å². The van der Waals surface area contributed by atoms with Crippen LogP contribution in [0.5, 0.6) is 5.75 Å². The SMILES string of the molecule is COc1cc(C)c(C)cc1C(C)(C)O. The Morgan fingerprint density at radius 1 is 1.14 bits per heavy atom. The van der Waals surface area contributed by atoms with Crippen LogP contribution in [-0.4, -0.2) is 12.2 Å². The maximum atomic E-state index is 9.94. The minimum absolute atomic E-state index is 0.751. The summed E-state index contributed by atoms with van der Waals surface area (Å²) in [6.45, 7) is 7.59. The van der Waals surface area contributed by atoms with Gasteiger partial charge >= 0.3 is 0 Å². The maximum absolute atomic E-state index is 9.94. The third-order valence-corrected chi connectivity index (χ3v) is 2.47. The van der Waals surface area contributed by atoms with Crippen LogP contribution < -0.4 is 4.74 Å². The summed E-state index contributed by atoms with van der Waals surface area (Å²) in [5.41, 5.74) is 2.32. The Labute approximate surface area is 85.5 Å². The van der Waals surface area contributed by atoms with Gasteiger partial charge in [0.15, 0.2) is 0 Å². The van der Waals surface area contributed by atoms with E-state index in [-0.39, 0.29) is 0 Å². The molecule has 78 valence electrons. The molecule has 0 amide bonds. The Kier molecular flexibility index (Phi) is 2.86. The van der Waals surface area contributed by atoms with Crippen molar-refractivity contribution in [2.45, 2.75) is 33.3 Å². The van der Waals surface area contributed by atoms with Crippen molar-refractivity contribution >= 4 is 0 Å². The molecule has 0 saturated carbocycles. The first-order valence-corrected chi connectivity index (χ1v) is 4.74. The van der Waals surface area contributed by atoms with Crippen LogP contribution >= 0.6 is 0 Å². The highest BCUT2D eigenvalue weighted by Gasteiger charge is 2.21. The molecule has 1 rings (SSSR count). The minimum Gasteiger partial charge on any atom is -0.496 e. The smallest absolute Gasteiger partial charge is 0.125 e. The third kappa shape index (κ3) is 2.07. The van der Waals surface area contributed by atoms with Crippen molar-refractivity contribution < 1.29 is 9.84 Å². The van der Waals surface area contributed by atoms with E-state index in [2.05, 4.69) is 0 Å². The van der Waals surface area contributed by atoms with E-state index in [1.165, 1.54) is 11.1 Å². The predicted molar refractivity (Wildman–Crippen MR) is 57.7 cm³/mol. The molecule has 0 fully saturated rings. The number of aryl methyl sites for hydroxylation is 2. The van der Waals surface area contributed by atoms with Gasteiger partial charge in [-0.15, -0.1) is 0 Å². The summed E-state index contributed by atoms with van der Waals surface area (Å²) in [6, 6.07) is 3.94. The van der Waals surface area contributed by atoms with Crippen molar-refractivity contribution in [3.63, 3.8) is 0 Å². The predicted octanol–water partition coefficient (Wildman–Crippen LogP) is 2.54. The average Bonchev–Trinajstić information content (AvgIpc) is 2.07. The molecule has 0 atom stereocenters. The molecule has 0 heterocycles. The van der Waals surface area contributed by atoms with E-state index in [9.17, 15) is 5.11 Å². The highest BCUT2D eigenvalue weighted by Crippen LogP contribution is 2.31. The van der Waals surface area contributed by atoms with Gasteiger partial charge in [-0.1, -0.05) is 0 Å². The molecule has 0 aliphatic heterocycles. The van der Waals surface area contributed by atoms with Crippen molar-refractivity contribution in [1.82, 2.24) is 0 Å². The zero-order chi connectivity index (χ0) is 10.9. The second-order valence-corrected chi connectivity index (χ2v) is 4.20. The summed E-state index contributed by atoms with van der Waals surface area (Å²) in [5.74, 6) is 0.751. The molecular formula is C12H18O2. The number of hydrogen-bond donors (Lipinski definition) is 1. The molecule has 2 heteroatoms. The van der Waals surface area contributed by atoms with Gasteiger partial charge in [0.2, 0.25) is 0 Å². The van der Waals surface area contributed by atoms with Gasteiger partial charge in [0.1, 0.15) is 5.75 Å². The summed E-state index contributed by atoms with van der Waals surface area (Å²) < 4.78 is 5.25. The van der Waals surface area contributed by atoms with Crippen molar-refractivity contribution in [3.8, 4) is 5.75 Å². The van der Waals surface area contributed by atoms with Crippen LogP contribution in [0, 0.1) is 13.8 Å². The summed E-state index contributed by atoms with van der Waals surface area (Å²) in [6.07, 6.45) is 0. The molecular weight excluding hydrogens is 176 g/mol. The molecule has 1 aromatic carbocycles. The molecule has 0 bridgehead atoms. The lowest BCUT2D eigenvalue weighted by molar-refractivity contribution is 0.0756. The van der Waals surface area contributed by atoms with Gasteiger partial charge in [0, 0.05) is 5.56 Å². The largest absolute Gasteiger partial charge is 0.496 e. The van der Waals surface area contributed by atoms with Crippen LogP contribution in [0.25, 0.3) is 0 Å². The molecule has 0 saturated heterocycles. The van der Waals surface area contributed by atoms with Crippen LogP contribution in [0.2, 0.25) is 0 Å². The monoisotopic (exact) mass is 194 g/mol. The quantitative estimate of drug-likeness (QED) is 0.784. The number of hydrogen-bond acceptors (Lipinski definition) is 2. The van der Waals surface area contributed by atoms with E-state index in [0.29, 0.717) is 0 Å². The molecule has 14 heavy (non-hydrogen) atoms. The second kappa shape index (κ2) is 3.62. The van der Waals surface area contributed by atoms with Crippen molar-refractivity contribution in [1.29, 1.82) is 0 Å². The number of aliphatic hydroxyl groups is 1. The Morgan fingerprint density at radius 2 is 1.64 bits per heavy atom. The van der Waals surface area contributed by atoms with E-state index >= 15 is 0 Å². The fourth-order valence-electron chi connectivity index (χ4n) is 1.44. The standard InChI is InChI=1S/C12H18O2/c1-8-6-10(12(3,4)13)11(14-5)7-9(8)2/h6-7,13H,1-5H3. The van der Waals surface area contributed by atoms with Gasteiger partial charge < -0.3 is 9.84 Å². The number of benzene rings is 1. The Bertz CT molecular complexity index is 335. The average molecular weight is 194 g/mol. The first-order valence-electron chi connectivity index (χ1n) is 4.74. The van der Waals surface area contributed by atoms with Crippen LogP contribution in [-0.2, 0) is 5.60 Å². The fraction of sp³-hybridized carbons (Fsp3) is 0.500. The normalized spacial score (nSPS) is 11.6. The van der Waals surface area contributed by atoms with E-state index in [1.807, 2.05) is 26.0 Å². The molecule has 0 radical (unpaired) electrons. The third-order valence-electron chi connectivity index (χ3n) is 2.47. The number of rotatable bonds is 2. The summed E-state index contributed by atoms with van der Waals surface area (Å²) in [7, 11) is 1.62. The van der Waals surface area contributed by atoms with E-state index in [0.717, 1.165) is 11.3 Å². The zero-order valence-electron chi connectivity index (χ0n) is 9.51. The van der Waals surface area contributed by atoms with Crippen molar-refractivity contribution in [3.05, 3.63) is 28.8 Å². The lowest BCUT2D eigenvalue weighted by Crippen LogP contribution is -2.17. The zero-order valence-corrected chi connectivity index (χ0v) is 9.51. The first kappa shape index (κ1) is 11.1. The first-order chi connectivity index (χ1) is 6.36. The Morgan fingerprint density at radius 3 is 2.07 bits per heavy atom. The van der Waals surface area contributed by atoms with Gasteiger partial charge in [0.25, 0.3) is 0 Å². The van der Waals surface area contributed by atoms with Gasteiger partial charge in [-0.25, -0.2) is 0 Å². The van der Waals surface area contributed by atoms with Crippen LogP contribution in [0.15, 0.2) is 12.1 Å². The highest BCUT2D eigenvalue weighted by molar-refractivity contribution is 5.44. The Balaban J connectivity index is 3.35. The molecule has 2 nitrogen and oxygen atoms in total. The topological polar surface area (TPSA) is 29.5 Å². The van der Waals surface area contributed by atoms with E-state index < -0.39 is 5.60 Å². The van der Waals surface area contributed by atoms with Gasteiger partial charge in [-0.05, 0) is 51.0 Å². The molecule has 0 aromatic heterocycles. The lowest BCUT2D eigenvalue weighted by atomic mass is 9.93. The van der Waals surface area contributed by atoms with Crippen LogP contribution in [0.1, 0.15) is 30.5 Å². The van der Waals surface area contributed by atoms with E-state index in [1.54, 1.807) is 21.0 Å². The lowest BCUT2D eigenvalue weighted by Gasteiger charge is -2.22. The highest BCUT2D eigenvalue weighted by atomic mass is 16.5. The van der Waals surface area contributed by atoms with E-state index in [4.69, 9.17) is 4.74 Å². The number of ether oxygens (including phenoxy) is 1. The summed E-state index contributed by atoms with van der Waals surface area (Å²) >= 11 is 0. The number of methoxy groups -OCH3 is 1. The van der Waals surface area contributed by atoms with Gasteiger partial charge in [-0.2, -0.15) is 0 Å². The minimum atomic E-state index is -0.857. The molecule has 1 aromatic rings. The maximum Gasteiger partial charge on any atom is 0.125 e. The molecule has 1 N–H and O–H groups in total. The second-order valence-electron chi connectivity index (χ2n) is 4.20. The van der Waals surface area contributed by atoms with Crippen molar-refractivity contribution in [2.75, 3.05) is 7.11 Å². The van der Waals surface area contributed by atoms with Crippen LogP contribution in [0.3, 0.4) is 0 Å². The molecule has 0 aliphatic carbocycles. The molecule has 0 unspecified atom stereocenters. The van der Waals surface area contributed by atoms with Crippen LogP contribution in [0.4, 0.5) is 0 Å². The Hall–Kier alpha value is -1.02. The van der Waals surface area contributed by atoms with Gasteiger partial charge in [0.05, 0.1) is 12.7 Å². The molecule has 0 aliphatic rings. The fourth-order valence-corrected chi connectivity index (χ4v) is 1.44. The molecule has 0 spiro atoms. The summed E-state index contributed by atoms with van der Waals surface area (Å²) in [4.78, 5) is 0.